The van der Waals surface area contributed by atoms with E-state index < -0.39 is 9.84 Å². The number of piperidine rings is 1. The Hall–Kier alpha value is -1.40. The van der Waals surface area contributed by atoms with Crippen LogP contribution >= 0.6 is 0 Å². The molecule has 0 aliphatic carbocycles. The van der Waals surface area contributed by atoms with Crippen LogP contribution in [0.2, 0.25) is 0 Å². The maximum atomic E-state index is 11.8. The number of sulfone groups is 1. The van der Waals surface area contributed by atoms with Gasteiger partial charge in [-0.1, -0.05) is 12.2 Å². The van der Waals surface area contributed by atoms with Gasteiger partial charge in [-0.15, -0.1) is 0 Å². The van der Waals surface area contributed by atoms with Crippen molar-refractivity contribution in [2.24, 2.45) is 0 Å². The third kappa shape index (κ3) is 4.54. The van der Waals surface area contributed by atoms with E-state index in [9.17, 15) is 8.42 Å². The van der Waals surface area contributed by atoms with E-state index in [1.54, 1.807) is 18.3 Å². The lowest BCUT2D eigenvalue weighted by Crippen LogP contribution is -2.40. The highest BCUT2D eigenvalue weighted by atomic mass is 32.2. The molecule has 0 amide bonds. The van der Waals surface area contributed by atoms with E-state index in [0.29, 0.717) is 5.82 Å². The SMILES string of the molecule is C=C(C)CN1CCC(Nc2ncccc2S(C)(=O)=O)CC1. The molecule has 0 bridgehead atoms. The lowest BCUT2D eigenvalue weighted by atomic mass is 10.0. The van der Waals surface area contributed by atoms with Crippen LogP contribution in [0.15, 0.2) is 35.4 Å². The fraction of sp³-hybridized carbons (Fsp3) is 0.533. The Morgan fingerprint density at radius 2 is 2.14 bits per heavy atom. The molecule has 1 aromatic rings. The van der Waals surface area contributed by atoms with Gasteiger partial charge < -0.3 is 5.32 Å². The highest BCUT2D eigenvalue weighted by Gasteiger charge is 2.21. The maximum absolute atomic E-state index is 11.8. The van der Waals surface area contributed by atoms with Gasteiger partial charge in [-0.2, -0.15) is 0 Å². The van der Waals surface area contributed by atoms with E-state index in [0.717, 1.165) is 32.5 Å². The summed E-state index contributed by atoms with van der Waals surface area (Å²) in [6.07, 6.45) is 4.79. The molecule has 1 N–H and O–H groups in total. The molecule has 1 fully saturated rings. The van der Waals surface area contributed by atoms with Crippen LogP contribution in [0, 0.1) is 0 Å². The molecule has 0 atom stereocenters. The van der Waals surface area contributed by atoms with Gasteiger partial charge in [0.2, 0.25) is 0 Å². The second kappa shape index (κ2) is 6.58. The monoisotopic (exact) mass is 309 g/mol. The fourth-order valence-corrected chi connectivity index (χ4v) is 3.40. The molecule has 1 aliphatic rings. The third-order valence-corrected chi connectivity index (χ3v) is 4.72. The molecule has 116 valence electrons. The average Bonchev–Trinajstić information content (AvgIpc) is 2.40. The van der Waals surface area contributed by atoms with E-state index in [1.165, 1.54) is 11.8 Å². The van der Waals surface area contributed by atoms with E-state index in [1.807, 2.05) is 6.92 Å². The molecule has 6 heteroatoms. The highest BCUT2D eigenvalue weighted by Crippen LogP contribution is 2.21. The predicted octanol–water partition coefficient (Wildman–Crippen LogP) is 1.94. The number of hydrogen-bond acceptors (Lipinski definition) is 5. The molecular weight excluding hydrogens is 286 g/mol. The zero-order chi connectivity index (χ0) is 15.5. The van der Waals surface area contributed by atoms with Crippen LogP contribution in [0.3, 0.4) is 0 Å². The number of nitrogens with zero attached hydrogens (tertiary/aromatic N) is 2. The van der Waals surface area contributed by atoms with Crippen molar-refractivity contribution in [2.45, 2.75) is 30.7 Å². The Kier molecular flexibility index (Phi) is 5.00. The van der Waals surface area contributed by atoms with Crippen molar-refractivity contribution >= 4 is 15.7 Å². The summed E-state index contributed by atoms with van der Waals surface area (Å²) in [6, 6.07) is 3.51. The van der Waals surface area contributed by atoms with Gasteiger partial charge in [-0.05, 0) is 31.9 Å². The number of likely N-dealkylation sites (tertiary alicyclic amines) is 1. The van der Waals surface area contributed by atoms with Crippen LogP contribution in [-0.4, -0.2) is 50.2 Å². The van der Waals surface area contributed by atoms with Crippen molar-refractivity contribution in [3.05, 3.63) is 30.5 Å². The summed E-state index contributed by atoms with van der Waals surface area (Å²) in [5.74, 6) is 0.471. The van der Waals surface area contributed by atoms with E-state index in [-0.39, 0.29) is 10.9 Å². The third-order valence-electron chi connectivity index (χ3n) is 3.59. The molecule has 1 aromatic heterocycles. The second-order valence-corrected chi connectivity index (χ2v) is 7.76. The first-order valence-corrected chi connectivity index (χ1v) is 9.04. The maximum Gasteiger partial charge on any atom is 0.179 e. The molecular formula is C15H23N3O2S. The standard InChI is InChI=1S/C15H23N3O2S/c1-12(2)11-18-9-6-13(7-10-18)17-15-14(21(3,19)20)5-4-8-16-15/h4-5,8,13H,1,6-7,9-11H2,2-3H3,(H,16,17). The lowest BCUT2D eigenvalue weighted by Gasteiger charge is -2.32. The summed E-state index contributed by atoms with van der Waals surface area (Å²) in [5, 5.41) is 3.29. The topological polar surface area (TPSA) is 62.3 Å². The van der Waals surface area contributed by atoms with Crippen LogP contribution in [0.25, 0.3) is 0 Å². The van der Waals surface area contributed by atoms with Crippen molar-refractivity contribution in [1.29, 1.82) is 0 Å². The zero-order valence-electron chi connectivity index (χ0n) is 12.7. The van der Waals surface area contributed by atoms with E-state index >= 15 is 0 Å². The molecule has 1 saturated heterocycles. The van der Waals surface area contributed by atoms with Gasteiger partial charge in [-0.3, -0.25) is 4.90 Å². The minimum atomic E-state index is -3.26. The largest absolute Gasteiger partial charge is 0.366 e. The first-order valence-electron chi connectivity index (χ1n) is 7.14. The number of rotatable bonds is 5. The molecule has 21 heavy (non-hydrogen) atoms. The van der Waals surface area contributed by atoms with Crippen LogP contribution in [0.5, 0.6) is 0 Å². The highest BCUT2D eigenvalue weighted by molar-refractivity contribution is 7.90. The van der Waals surface area contributed by atoms with E-state index in [2.05, 4.69) is 21.8 Å². The summed E-state index contributed by atoms with van der Waals surface area (Å²) in [6.45, 7) is 8.90. The minimum absolute atomic E-state index is 0.266. The molecule has 0 aromatic carbocycles. The normalized spacial score (nSPS) is 17.6. The Labute approximate surface area is 127 Å². The molecule has 2 rings (SSSR count). The van der Waals surface area contributed by atoms with Gasteiger partial charge in [-0.25, -0.2) is 13.4 Å². The number of hydrogen-bond donors (Lipinski definition) is 1. The minimum Gasteiger partial charge on any atom is -0.366 e. The van der Waals surface area contributed by atoms with Crippen molar-refractivity contribution < 1.29 is 8.42 Å². The summed E-state index contributed by atoms with van der Waals surface area (Å²) in [5.41, 5.74) is 1.17. The van der Waals surface area contributed by atoms with Gasteiger partial charge >= 0.3 is 0 Å². The number of nitrogens with one attached hydrogen (secondary N) is 1. The van der Waals surface area contributed by atoms with Gasteiger partial charge in [0.1, 0.15) is 10.7 Å². The quantitative estimate of drug-likeness (QED) is 0.842. The molecule has 0 spiro atoms. The average molecular weight is 309 g/mol. The molecule has 0 saturated carbocycles. The van der Waals surface area contributed by atoms with Crippen LogP contribution in [0.1, 0.15) is 19.8 Å². The summed E-state index contributed by atoms with van der Waals surface area (Å²) in [4.78, 5) is 6.83. The second-order valence-electron chi connectivity index (χ2n) is 5.77. The van der Waals surface area contributed by atoms with Gasteiger partial charge in [0.05, 0.1) is 0 Å². The Morgan fingerprint density at radius 3 is 2.71 bits per heavy atom. The molecule has 0 unspecified atom stereocenters. The van der Waals surface area contributed by atoms with Gasteiger partial charge in [0, 0.05) is 38.1 Å². The van der Waals surface area contributed by atoms with Crippen LogP contribution in [0.4, 0.5) is 5.82 Å². The first-order chi connectivity index (χ1) is 9.86. The molecule has 5 nitrogen and oxygen atoms in total. The Bertz CT molecular complexity index is 605. The van der Waals surface area contributed by atoms with Gasteiger partial charge in [0.15, 0.2) is 9.84 Å². The van der Waals surface area contributed by atoms with Crippen molar-refractivity contribution in [3.8, 4) is 0 Å². The summed E-state index contributed by atoms with van der Waals surface area (Å²) in [7, 11) is -3.26. The number of anilines is 1. The van der Waals surface area contributed by atoms with Gasteiger partial charge in [0.25, 0.3) is 0 Å². The summed E-state index contributed by atoms with van der Waals surface area (Å²) < 4.78 is 23.5. The van der Waals surface area contributed by atoms with Crippen LogP contribution in [-0.2, 0) is 9.84 Å². The Morgan fingerprint density at radius 1 is 1.48 bits per heavy atom. The Balaban J connectivity index is 2.00. The lowest BCUT2D eigenvalue weighted by molar-refractivity contribution is 0.235. The van der Waals surface area contributed by atoms with Crippen LogP contribution < -0.4 is 5.32 Å². The molecule has 0 radical (unpaired) electrons. The number of aromatic nitrogens is 1. The molecule has 1 aliphatic heterocycles. The number of pyridine rings is 1. The predicted molar refractivity (Wildman–Crippen MR) is 85.2 cm³/mol. The van der Waals surface area contributed by atoms with Crippen molar-refractivity contribution in [2.75, 3.05) is 31.2 Å². The van der Waals surface area contributed by atoms with Crippen molar-refractivity contribution in [3.63, 3.8) is 0 Å². The first kappa shape index (κ1) is 16.0. The van der Waals surface area contributed by atoms with E-state index in [4.69, 9.17) is 0 Å². The fourth-order valence-electron chi connectivity index (χ4n) is 2.61. The smallest absolute Gasteiger partial charge is 0.179 e. The zero-order valence-corrected chi connectivity index (χ0v) is 13.5. The summed E-state index contributed by atoms with van der Waals surface area (Å²) >= 11 is 0. The molecule has 2 heterocycles. The van der Waals surface area contributed by atoms with Crippen molar-refractivity contribution in [1.82, 2.24) is 9.88 Å².